The van der Waals surface area contributed by atoms with Gasteiger partial charge in [0.05, 0.1) is 6.54 Å². The van der Waals surface area contributed by atoms with Crippen molar-refractivity contribution in [3.05, 3.63) is 48.6 Å². The third-order valence-corrected chi connectivity index (χ3v) is 2.03. The zero-order valence-corrected chi connectivity index (χ0v) is 10.6. The normalized spacial score (nSPS) is 11.6. The van der Waals surface area contributed by atoms with Crippen LogP contribution in [-0.2, 0) is 4.79 Å². The minimum absolute atomic E-state index is 0.240. The molecular weight excluding hydrogens is 222 g/mol. The van der Waals surface area contributed by atoms with Crippen LogP contribution >= 0.6 is 11.8 Å². The second kappa shape index (κ2) is 7.94. The summed E-state index contributed by atoms with van der Waals surface area (Å²) in [5.41, 5.74) is 1.85. The number of rotatable bonds is 6. The molecule has 0 fully saturated rings. The largest absolute Gasteiger partial charge is 0.268 e. The standard InChI is InChI=1S/C13H18ClNO/c1-5-6-7-12(4)8-9-13(16)15(14)10-11(2)3/h5,7-9H,1-2,6,10H2,3-4H3/b9-8+,12-7?. The van der Waals surface area contributed by atoms with Crippen molar-refractivity contribution in [3.8, 4) is 0 Å². The summed E-state index contributed by atoms with van der Waals surface area (Å²) < 4.78 is 1.11. The van der Waals surface area contributed by atoms with Gasteiger partial charge in [-0.15, -0.1) is 6.58 Å². The van der Waals surface area contributed by atoms with Crippen LogP contribution in [0.2, 0.25) is 0 Å². The average Bonchev–Trinajstić information content (AvgIpc) is 2.21. The maximum absolute atomic E-state index is 11.5. The van der Waals surface area contributed by atoms with E-state index in [1.165, 1.54) is 6.08 Å². The van der Waals surface area contributed by atoms with Crippen molar-refractivity contribution in [3.63, 3.8) is 0 Å². The van der Waals surface area contributed by atoms with Crippen molar-refractivity contribution in [2.75, 3.05) is 6.54 Å². The lowest BCUT2D eigenvalue weighted by Crippen LogP contribution is -2.20. The Balaban J connectivity index is 4.27. The molecule has 0 unspecified atom stereocenters. The average molecular weight is 240 g/mol. The summed E-state index contributed by atoms with van der Waals surface area (Å²) in [7, 11) is 0. The molecule has 3 heteroatoms. The van der Waals surface area contributed by atoms with Gasteiger partial charge >= 0.3 is 0 Å². The fourth-order valence-corrected chi connectivity index (χ4v) is 1.20. The van der Waals surface area contributed by atoms with Crippen LogP contribution in [0.1, 0.15) is 20.3 Å². The SMILES string of the molecule is C=CCC=C(C)/C=C/C(=O)N(Cl)CC(=C)C. The van der Waals surface area contributed by atoms with E-state index in [0.717, 1.165) is 22.0 Å². The van der Waals surface area contributed by atoms with Crippen molar-refractivity contribution in [1.29, 1.82) is 0 Å². The summed E-state index contributed by atoms with van der Waals surface area (Å²) in [6.45, 7) is 11.4. The van der Waals surface area contributed by atoms with Crippen molar-refractivity contribution >= 4 is 17.7 Å². The molecule has 0 aliphatic rings. The Kier molecular flexibility index (Phi) is 7.31. The van der Waals surface area contributed by atoms with E-state index in [1.54, 1.807) is 12.2 Å². The predicted molar refractivity (Wildman–Crippen MR) is 70.1 cm³/mol. The Morgan fingerprint density at radius 1 is 1.38 bits per heavy atom. The van der Waals surface area contributed by atoms with Gasteiger partial charge in [0.1, 0.15) is 0 Å². The topological polar surface area (TPSA) is 20.3 Å². The van der Waals surface area contributed by atoms with E-state index in [1.807, 2.05) is 19.9 Å². The van der Waals surface area contributed by atoms with Crippen LogP contribution in [0.4, 0.5) is 0 Å². The molecule has 0 atom stereocenters. The monoisotopic (exact) mass is 239 g/mol. The lowest BCUT2D eigenvalue weighted by molar-refractivity contribution is -0.121. The van der Waals surface area contributed by atoms with Crippen LogP contribution in [0, 0.1) is 0 Å². The van der Waals surface area contributed by atoms with Gasteiger partial charge in [0, 0.05) is 17.9 Å². The molecule has 0 radical (unpaired) electrons. The second-order valence-electron chi connectivity index (χ2n) is 3.62. The molecule has 0 heterocycles. The van der Waals surface area contributed by atoms with E-state index in [4.69, 9.17) is 11.8 Å². The second-order valence-corrected chi connectivity index (χ2v) is 4.03. The highest BCUT2D eigenvalue weighted by Gasteiger charge is 2.06. The van der Waals surface area contributed by atoms with Crippen molar-refractivity contribution in [1.82, 2.24) is 4.42 Å². The Labute approximate surface area is 103 Å². The molecule has 0 spiro atoms. The van der Waals surface area contributed by atoms with E-state index in [9.17, 15) is 4.79 Å². The Bertz CT molecular complexity index is 329. The Hall–Kier alpha value is -1.28. The van der Waals surface area contributed by atoms with Crippen LogP contribution < -0.4 is 0 Å². The minimum atomic E-state index is -0.240. The number of amides is 1. The molecule has 1 amide bonds. The summed E-state index contributed by atoms with van der Waals surface area (Å²) in [5, 5.41) is 0. The summed E-state index contributed by atoms with van der Waals surface area (Å²) in [4.78, 5) is 11.5. The van der Waals surface area contributed by atoms with E-state index in [0.29, 0.717) is 6.54 Å². The third kappa shape index (κ3) is 7.07. The van der Waals surface area contributed by atoms with Gasteiger partial charge in [0.25, 0.3) is 5.91 Å². The Morgan fingerprint density at radius 3 is 2.50 bits per heavy atom. The number of halogens is 1. The van der Waals surface area contributed by atoms with E-state index in [2.05, 4.69) is 13.2 Å². The maximum atomic E-state index is 11.5. The quantitative estimate of drug-likeness (QED) is 0.300. The fraction of sp³-hybridized carbons (Fsp3) is 0.308. The van der Waals surface area contributed by atoms with Gasteiger partial charge in [-0.2, -0.15) is 0 Å². The first-order valence-electron chi connectivity index (χ1n) is 5.04. The predicted octanol–water partition coefficient (Wildman–Crippen LogP) is 3.62. The lowest BCUT2D eigenvalue weighted by Gasteiger charge is -2.10. The van der Waals surface area contributed by atoms with Gasteiger partial charge in [-0.3, -0.25) is 4.79 Å². The molecule has 0 bridgehead atoms. The van der Waals surface area contributed by atoms with Crippen LogP contribution in [0.25, 0.3) is 0 Å². The number of nitrogens with zero attached hydrogens (tertiary/aromatic N) is 1. The van der Waals surface area contributed by atoms with Gasteiger partial charge in [-0.1, -0.05) is 36.0 Å². The zero-order chi connectivity index (χ0) is 12.6. The van der Waals surface area contributed by atoms with Crippen molar-refractivity contribution < 1.29 is 4.79 Å². The molecule has 0 N–H and O–H groups in total. The fourth-order valence-electron chi connectivity index (χ4n) is 0.936. The van der Waals surface area contributed by atoms with Gasteiger partial charge in [0.2, 0.25) is 0 Å². The first kappa shape index (κ1) is 14.7. The van der Waals surface area contributed by atoms with Gasteiger partial charge in [-0.05, 0) is 20.3 Å². The summed E-state index contributed by atoms with van der Waals surface area (Å²) in [5.74, 6) is -0.240. The molecule has 0 saturated heterocycles. The van der Waals surface area contributed by atoms with Crippen molar-refractivity contribution in [2.24, 2.45) is 0 Å². The highest BCUT2D eigenvalue weighted by molar-refractivity contribution is 6.23. The van der Waals surface area contributed by atoms with Crippen LogP contribution in [0.5, 0.6) is 0 Å². The molecule has 88 valence electrons. The number of allylic oxidation sites excluding steroid dienone is 4. The molecule has 0 aromatic rings. The minimum Gasteiger partial charge on any atom is -0.268 e. The summed E-state index contributed by atoms with van der Waals surface area (Å²) in [6, 6.07) is 0. The summed E-state index contributed by atoms with van der Waals surface area (Å²) >= 11 is 5.75. The molecule has 2 nitrogen and oxygen atoms in total. The molecule has 0 aliphatic heterocycles. The number of hydrogen-bond donors (Lipinski definition) is 0. The van der Waals surface area contributed by atoms with Crippen LogP contribution in [-0.4, -0.2) is 16.9 Å². The lowest BCUT2D eigenvalue weighted by atomic mass is 10.2. The first-order valence-corrected chi connectivity index (χ1v) is 5.38. The molecule has 0 aromatic carbocycles. The molecule has 0 aliphatic carbocycles. The zero-order valence-electron chi connectivity index (χ0n) is 9.87. The third-order valence-electron chi connectivity index (χ3n) is 1.74. The molecule has 16 heavy (non-hydrogen) atoms. The van der Waals surface area contributed by atoms with Crippen molar-refractivity contribution in [2.45, 2.75) is 20.3 Å². The highest BCUT2D eigenvalue weighted by Crippen LogP contribution is 2.03. The Morgan fingerprint density at radius 2 is 2.00 bits per heavy atom. The number of carbonyl (C=O) groups excluding carboxylic acids is 1. The maximum Gasteiger partial charge on any atom is 0.261 e. The molecule has 0 rings (SSSR count). The summed E-state index contributed by atoms with van der Waals surface area (Å²) in [6.07, 6.45) is 7.76. The molecule has 0 saturated carbocycles. The highest BCUT2D eigenvalue weighted by atomic mass is 35.5. The molecule has 0 aromatic heterocycles. The van der Waals surface area contributed by atoms with Crippen LogP contribution in [0.15, 0.2) is 48.6 Å². The van der Waals surface area contributed by atoms with Crippen LogP contribution in [0.3, 0.4) is 0 Å². The number of carbonyl (C=O) groups is 1. The number of hydrogen-bond acceptors (Lipinski definition) is 1. The van der Waals surface area contributed by atoms with Gasteiger partial charge < -0.3 is 0 Å². The van der Waals surface area contributed by atoms with E-state index in [-0.39, 0.29) is 5.91 Å². The smallest absolute Gasteiger partial charge is 0.261 e. The van der Waals surface area contributed by atoms with E-state index >= 15 is 0 Å². The van der Waals surface area contributed by atoms with E-state index < -0.39 is 0 Å². The first-order chi connectivity index (χ1) is 7.47. The van der Waals surface area contributed by atoms with Gasteiger partial charge in [-0.25, -0.2) is 4.42 Å². The molecular formula is C13H18ClNO. The van der Waals surface area contributed by atoms with Gasteiger partial charge in [0.15, 0.2) is 0 Å².